The Bertz CT molecular complexity index is 1050. The van der Waals surface area contributed by atoms with E-state index in [9.17, 15) is 24.0 Å². The number of rotatable bonds is 8. The zero-order valence-electron chi connectivity index (χ0n) is 18.9. The third-order valence-electron chi connectivity index (χ3n) is 5.23. The first kappa shape index (κ1) is 24.0. The highest BCUT2D eigenvalue weighted by Crippen LogP contribution is 2.17. The number of nitrogens with one attached hydrogen (secondary N) is 5. The molecule has 1 fully saturated rings. The van der Waals surface area contributed by atoms with Gasteiger partial charge in [0.25, 0.3) is 11.8 Å². The first-order valence-electron chi connectivity index (χ1n) is 10.8. The van der Waals surface area contributed by atoms with Crippen molar-refractivity contribution < 1.29 is 24.0 Å². The minimum absolute atomic E-state index is 0.00390. The fraction of sp³-hybridized carbons (Fsp3) is 0.435. The molecule has 1 saturated heterocycles. The minimum atomic E-state index is -1.18. The predicted octanol–water partition coefficient (Wildman–Crippen LogP) is 0.393. The highest BCUT2D eigenvalue weighted by molar-refractivity contribution is 6.38. The molecule has 0 bridgehead atoms. The molecule has 1 aromatic carbocycles. The Morgan fingerprint density at radius 2 is 1.88 bits per heavy atom. The van der Waals surface area contributed by atoms with E-state index in [1.54, 1.807) is 26.8 Å². The number of H-pyrrole nitrogens is 1. The molecule has 2 aromatic rings. The van der Waals surface area contributed by atoms with Crippen LogP contribution in [0, 0.1) is 5.92 Å². The highest BCUT2D eigenvalue weighted by Gasteiger charge is 2.35. The summed E-state index contributed by atoms with van der Waals surface area (Å²) in [6, 6.07) is 7.86. The molecule has 2 unspecified atom stereocenters. The summed E-state index contributed by atoms with van der Waals surface area (Å²) >= 11 is 0. The molecular formula is C23H29N5O5. The number of benzene rings is 1. The van der Waals surface area contributed by atoms with Crippen LogP contribution in [-0.2, 0) is 19.2 Å². The summed E-state index contributed by atoms with van der Waals surface area (Å²) < 4.78 is 0. The minimum Gasteiger partial charge on any atom is -0.356 e. The molecule has 33 heavy (non-hydrogen) atoms. The first-order valence-corrected chi connectivity index (χ1v) is 10.8. The summed E-state index contributed by atoms with van der Waals surface area (Å²) in [7, 11) is 0. The van der Waals surface area contributed by atoms with E-state index in [1.807, 2.05) is 24.3 Å². The van der Waals surface area contributed by atoms with E-state index >= 15 is 0 Å². The maximum absolute atomic E-state index is 12.8. The molecule has 10 heteroatoms. The van der Waals surface area contributed by atoms with Gasteiger partial charge in [-0.05, 0) is 45.7 Å². The molecule has 5 N–H and O–H groups in total. The average Bonchev–Trinajstić information content (AvgIpc) is 3.35. The zero-order valence-corrected chi connectivity index (χ0v) is 18.9. The number of ketones is 1. The number of fused-ring (bicyclic) bond motifs is 1. The maximum Gasteiger partial charge on any atom is 0.290 e. The predicted molar refractivity (Wildman–Crippen MR) is 121 cm³/mol. The molecule has 1 aliphatic heterocycles. The van der Waals surface area contributed by atoms with Gasteiger partial charge in [0.05, 0.1) is 12.6 Å². The average molecular weight is 456 g/mol. The van der Waals surface area contributed by atoms with Crippen molar-refractivity contribution in [3.63, 3.8) is 0 Å². The lowest BCUT2D eigenvalue weighted by Gasteiger charge is -2.23. The smallest absolute Gasteiger partial charge is 0.290 e. The van der Waals surface area contributed by atoms with Crippen molar-refractivity contribution >= 4 is 40.3 Å². The summed E-state index contributed by atoms with van der Waals surface area (Å²) in [6.07, 6.45) is 0.514. The van der Waals surface area contributed by atoms with Crippen LogP contribution in [0.25, 0.3) is 10.9 Å². The third kappa shape index (κ3) is 6.41. The second-order valence-corrected chi connectivity index (χ2v) is 9.15. The maximum atomic E-state index is 12.8. The number of hydrogen-bond acceptors (Lipinski definition) is 5. The molecule has 4 amide bonds. The van der Waals surface area contributed by atoms with Crippen molar-refractivity contribution in [2.75, 3.05) is 13.1 Å². The van der Waals surface area contributed by atoms with Gasteiger partial charge in [-0.3, -0.25) is 24.0 Å². The molecule has 0 radical (unpaired) electrons. The van der Waals surface area contributed by atoms with Gasteiger partial charge in [-0.25, -0.2) is 0 Å². The number of aromatic amines is 1. The first-order chi connectivity index (χ1) is 15.5. The van der Waals surface area contributed by atoms with E-state index in [-0.39, 0.29) is 12.3 Å². The van der Waals surface area contributed by atoms with Crippen LogP contribution in [0.5, 0.6) is 0 Å². The number of aromatic nitrogens is 1. The Morgan fingerprint density at radius 1 is 1.15 bits per heavy atom. The van der Waals surface area contributed by atoms with Gasteiger partial charge in [-0.2, -0.15) is 0 Å². The Labute approximate surface area is 191 Å². The Hall–Kier alpha value is -3.69. The fourth-order valence-electron chi connectivity index (χ4n) is 3.64. The van der Waals surface area contributed by atoms with E-state index in [0.29, 0.717) is 18.7 Å². The van der Waals surface area contributed by atoms with E-state index in [4.69, 9.17) is 0 Å². The number of amides is 4. The van der Waals surface area contributed by atoms with Crippen LogP contribution in [0.3, 0.4) is 0 Å². The van der Waals surface area contributed by atoms with Gasteiger partial charge in [0, 0.05) is 28.9 Å². The van der Waals surface area contributed by atoms with Gasteiger partial charge in [-0.15, -0.1) is 0 Å². The number of carbonyl (C=O) groups excluding carboxylic acids is 5. The van der Waals surface area contributed by atoms with E-state index in [0.717, 1.165) is 10.9 Å². The molecule has 176 valence electrons. The molecule has 2 heterocycles. The summed E-state index contributed by atoms with van der Waals surface area (Å²) in [6.45, 7) is 5.28. The van der Waals surface area contributed by atoms with Crippen LogP contribution in [0.4, 0.5) is 0 Å². The zero-order chi connectivity index (χ0) is 24.2. The molecule has 3 rings (SSSR count). The van der Waals surface area contributed by atoms with Crippen molar-refractivity contribution in [2.45, 2.75) is 45.2 Å². The molecule has 0 spiro atoms. The molecular weight excluding hydrogens is 426 g/mol. The Kier molecular flexibility index (Phi) is 7.15. The third-order valence-corrected chi connectivity index (χ3v) is 5.23. The van der Waals surface area contributed by atoms with Gasteiger partial charge >= 0.3 is 0 Å². The lowest BCUT2D eigenvalue weighted by Crippen LogP contribution is -2.53. The van der Waals surface area contributed by atoms with Crippen LogP contribution in [0.2, 0.25) is 0 Å². The molecule has 10 nitrogen and oxygen atoms in total. The molecule has 0 aliphatic carbocycles. The van der Waals surface area contributed by atoms with Gasteiger partial charge in [0.1, 0.15) is 5.69 Å². The van der Waals surface area contributed by atoms with Crippen LogP contribution >= 0.6 is 0 Å². The van der Waals surface area contributed by atoms with Crippen LogP contribution in [-0.4, -0.2) is 59.1 Å². The van der Waals surface area contributed by atoms with Crippen molar-refractivity contribution in [1.29, 1.82) is 0 Å². The van der Waals surface area contributed by atoms with Gasteiger partial charge in [-0.1, -0.05) is 18.2 Å². The summed E-state index contributed by atoms with van der Waals surface area (Å²) in [4.78, 5) is 65.0. The van der Waals surface area contributed by atoms with E-state index in [1.165, 1.54) is 0 Å². The highest BCUT2D eigenvalue weighted by atomic mass is 16.2. The van der Waals surface area contributed by atoms with Gasteiger partial charge in [0.15, 0.2) is 0 Å². The van der Waals surface area contributed by atoms with E-state index < -0.39 is 47.5 Å². The quantitative estimate of drug-likeness (QED) is 0.365. The van der Waals surface area contributed by atoms with Gasteiger partial charge < -0.3 is 26.3 Å². The molecule has 1 aromatic heterocycles. The lowest BCUT2D eigenvalue weighted by atomic mass is 9.95. The standard InChI is InChI=1S/C23H29N5O5/c1-23(2,3)28-22(33)19(30)16(11-14-8-9-24-20(14)31)27-18(29)12-25-21(32)17-10-13-6-4-5-7-15(13)26-17/h4-7,10,14,16,26H,8-9,11-12H2,1-3H3,(H,24,31)(H,25,32)(H,27,29)(H,28,33). The summed E-state index contributed by atoms with van der Waals surface area (Å²) in [5.74, 6) is -3.49. The largest absolute Gasteiger partial charge is 0.356 e. The Morgan fingerprint density at radius 3 is 2.52 bits per heavy atom. The summed E-state index contributed by atoms with van der Waals surface area (Å²) in [5, 5.41) is 11.1. The van der Waals surface area contributed by atoms with Crippen molar-refractivity contribution in [1.82, 2.24) is 26.3 Å². The topological polar surface area (TPSA) is 149 Å². The fourth-order valence-corrected chi connectivity index (χ4v) is 3.64. The number of para-hydroxylation sites is 1. The number of carbonyl (C=O) groups is 5. The van der Waals surface area contributed by atoms with Crippen LogP contribution in [0.1, 0.15) is 44.1 Å². The number of Topliss-reactive ketones (excluding diaryl/α,β-unsaturated/α-hetero) is 1. The van der Waals surface area contributed by atoms with Crippen molar-refractivity contribution in [3.8, 4) is 0 Å². The SMILES string of the molecule is CC(C)(C)NC(=O)C(=O)C(CC1CCNC1=O)NC(=O)CNC(=O)c1cc2ccccc2[nH]1. The normalized spacial score (nSPS) is 16.7. The molecule has 0 saturated carbocycles. The lowest BCUT2D eigenvalue weighted by molar-refractivity contribution is -0.141. The van der Waals surface area contributed by atoms with Gasteiger partial charge in [0.2, 0.25) is 17.6 Å². The van der Waals surface area contributed by atoms with Crippen molar-refractivity contribution in [3.05, 3.63) is 36.0 Å². The van der Waals surface area contributed by atoms with Crippen LogP contribution < -0.4 is 21.3 Å². The van der Waals surface area contributed by atoms with Crippen LogP contribution in [0.15, 0.2) is 30.3 Å². The summed E-state index contributed by atoms with van der Waals surface area (Å²) in [5.41, 5.74) is 0.445. The molecule has 2 atom stereocenters. The van der Waals surface area contributed by atoms with E-state index in [2.05, 4.69) is 26.3 Å². The Balaban J connectivity index is 1.62. The second-order valence-electron chi connectivity index (χ2n) is 9.15. The van der Waals surface area contributed by atoms with Crippen molar-refractivity contribution in [2.24, 2.45) is 5.92 Å². The number of hydrogen-bond donors (Lipinski definition) is 5. The molecule has 1 aliphatic rings. The monoisotopic (exact) mass is 455 g/mol. The second kappa shape index (κ2) is 9.85.